The predicted molar refractivity (Wildman–Crippen MR) is 68.9 cm³/mol. The fourth-order valence-electron chi connectivity index (χ4n) is 0.409. The molecule has 1 atom stereocenters. The van der Waals surface area contributed by atoms with Crippen LogP contribution in [0.15, 0.2) is 0 Å². The van der Waals surface area contributed by atoms with E-state index in [0.717, 1.165) is 13.0 Å². The molecule has 15 heavy (non-hydrogen) atoms. The van der Waals surface area contributed by atoms with Gasteiger partial charge in [-0.3, -0.25) is 4.79 Å². The van der Waals surface area contributed by atoms with Crippen molar-refractivity contribution in [1.82, 2.24) is 5.32 Å². The van der Waals surface area contributed by atoms with Crippen molar-refractivity contribution in [2.24, 2.45) is 5.73 Å². The minimum atomic E-state index is -0.378. The molecule has 1 amide bonds. The molecule has 0 heterocycles. The maximum Gasteiger partial charge on any atom is 0.236 e. The second kappa shape index (κ2) is 19.1. The fraction of sp³-hybridized carbons (Fsp3) is 0.917. The molecule has 0 radical (unpaired) electrons. The van der Waals surface area contributed by atoms with Gasteiger partial charge in [0.25, 0.3) is 0 Å². The molecule has 0 saturated heterocycles. The Labute approximate surface area is 95.8 Å². The number of rotatable bonds is 3. The standard InChI is InChI=1S/C6H14N2O.2C3H8/c1-3-4-8-6(9)5(2)7;2*1-3-2/h5H,3-4,7H2,1-2H3,(H,8,9);2*3H2,1-2H3. The highest BCUT2D eigenvalue weighted by molar-refractivity contribution is 5.80. The summed E-state index contributed by atoms with van der Waals surface area (Å²) in [5.41, 5.74) is 5.26. The van der Waals surface area contributed by atoms with Crippen molar-refractivity contribution in [2.45, 2.75) is 66.8 Å². The monoisotopic (exact) mass is 218 g/mol. The highest BCUT2D eigenvalue weighted by atomic mass is 16.2. The van der Waals surface area contributed by atoms with E-state index in [2.05, 4.69) is 33.0 Å². The third kappa shape index (κ3) is 31.8. The Morgan fingerprint density at radius 3 is 1.67 bits per heavy atom. The summed E-state index contributed by atoms with van der Waals surface area (Å²) in [5.74, 6) is -0.0724. The predicted octanol–water partition coefficient (Wildman–Crippen LogP) is 2.69. The first-order chi connectivity index (χ1) is 7.01. The smallest absolute Gasteiger partial charge is 0.236 e. The van der Waals surface area contributed by atoms with Crippen LogP contribution in [-0.4, -0.2) is 18.5 Å². The quantitative estimate of drug-likeness (QED) is 0.765. The number of nitrogens with one attached hydrogen (secondary N) is 1. The Morgan fingerprint density at radius 1 is 1.13 bits per heavy atom. The second-order valence-electron chi connectivity index (χ2n) is 3.49. The van der Waals surface area contributed by atoms with Crippen molar-refractivity contribution in [1.29, 1.82) is 0 Å². The lowest BCUT2D eigenvalue weighted by atomic mass is 10.3. The van der Waals surface area contributed by atoms with Crippen molar-refractivity contribution < 1.29 is 4.79 Å². The van der Waals surface area contributed by atoms with E-state index in [1.807, 2.05) is 6.92 Å². The number of nitrogens with two attached hydrogens (primary N) is 1. The van der Waals surface area contributed by atoms with Crippen molar-refractivity contribution in [3.8, 4) is 0 Å². The SMILES string of the molecule is CCC.CCC.CCCNC(=O)C(C)N. The number of hydrogen-bond acceptors (Lipinski definition) is 2. The summed E-state index contributed by atoms with van der Waals surface area (Å²) in [6, 6.07) is -0.378. The summed E-state index contributed by atoms with van der Waals surface area (Å²) in [6.45, 7) is 12.9. The summed E-state index contributed by atoms with van der Waals surface area (Å²) in [7, 11) is 0. The number of carbonyl (C=O) groups excluding carboxylic acids is 1. The van der Waals surface area contributed by atoms with Gasteiger partial charge in [0.1, 0.15) is 0 Å². The highest BCUT2D eigenvalue weighted by Crippen LogP contribution is 1.75. The summed E-state index contributed by atoms with van der Waals surface area (Å²) >= 11 is 0. The van der Waals surface area contributed by atoms with Crippen molar-refractivity contribution in [2.75, 3.05) is 6.54 Å². The molecular weight excluding hydrogens is 188 g/mol. The average Bonchev–Trinajstić information content (AvgIpc) is 2.16. The largest absolute Gasteiger partial charge is 0.355 e. The molecular formula is C12H30N2O. The van der Waals surface area contributed by atoms with Crippen LogP contribution in [0.5, 0.6) is 0 Å². The van der Waals surface area contributed by atoms with E-state index in [1.165, 1.54) is 12.8 Å². The first-order valence-electron chi connectivity index (χ1n) is 6.04. The second-order valence-corrected chi connectivity index (χ2v) is 3.49. The third-order valence-electron chi connectivity index (χ3n) is 0.963. The summed E-state index contributed by atoms with van der Waals surface area (Å²) in [6.07, 6.45) is 3.46. The van der Waals surface area contributed by atoms with Gasteiger partial charge >= 0.3 is 0 Å². The third-order valence-corrected chi connectivity index (χ3v) is 0.963. The Kier molecular flexibility index (Phi) is 25.3. The van der Waals surface area contributed by atoms with E-state index in [1.54, 1.807) is 6.92 Å². The van der Waals surface area contributed by atoms with Crippen LogP contribution in [0.2, 0.25) is 0 Å². The zero-order valence-electron chi connectivity index (χ0n) is 11.4. The molecule has 3 heteroatoms. The molecule has 0 aliphatic rings. The molecule has 94 valence electrons. The van der Waals surface area contributed by atoms with Crippen LogP contribution < -0.4 is 11.1 Å². The molecule has 1 unspecified atom stereocenters. The zero-order chi connectivity index (χ0) is 12.7. The van der Waals surface area contributed by atoms with Gasteiger partial charge in [0.2, 0.25) is 5.91 Å². The minimum Gasteiger partial charge on any atom is -0.355 e. The lowest BCUT2D eigenvalue weighted by molar-refractivity contribution is -0.121. The van der Waals surface area contributed by atoms with E-state index < -0.39 is 0 Å². The first kappa shape index (κ1) is 19.9. The van der Waals surface area contributed by atoms with Crippen LogP contribution in [0.1, 0.15) is 60.8 Å². The molecule has 3 N–H and O–H groups in total. The van der Waals surface area contributed by atoms with E-state index in [0.29, 0.717) is 0 Å². The Hall–Kier alpha value is -0.570. The maximum atomic E-state index is 10.7. The van der Waals surface area contributed by atoms with Crippen molar-refractivity contribution >= 4 is 5.91 Å². The molecule has 0 aliphatic carbocycles. The van der Waals surface area contributed by atoms with Crippen LogP contribution in [0.4, 0.5) is 0 Å². The highest BCUT2D eigenvalue weighted by Gasteiger charge is 2.03. The molecule has 3 nitrogen and oxygen atoms in total. The number of amides is 1. The van der Waals surface area contributed by atoms with Gasteiger partial charge in [0.05, 0.1) is 6.04 Å². The van der Waals surface area contributed by atoms with Gasteiger partial charge < -0.3 is 11.1 Å². The van der Waals surface area contributed by atoms with Gasteiger partial charge in [-0.1, -0.05) is 47.5 Å². The maximum absolute atomic E-state index is 10.7. The molecule has 0 spiro atoms. The first-order valence-corrected chi connectivity index (χ1v) is 6.04. The van der Waals surface area contributed by atoms with Gasteiger partial charge in [-0.15, -0.1) is 0 Å². The van der Waals surface area contributed by atoms with Crippen LogP contribution >= 0.6 is 0 Å². The average molecular weight is 218 g/mol. The number of carbonyl (C=O) groups is 1. The molecule has 0 aromatic carbocycles. The van der Waals surface area contributed by atoms with Gasteiger partial charge in [0.15, 0.2) is 0 Å². The van der Waals surface area contributed by atoms with E-state index >= 15 is 0 Å². The van der Waals surface area contributed by atoms with Gasteiger partial charge in [-0.2, -0.15) is 0 Å². The Morgan fingerprint density at radius 2 is 1.47 bits per heavy atom. The van der Waals surface area contributed by atoms with Crippen LogP contribution in [0, 0.1) is 0 Å². The van der Waals surface area contributed by atoms with Crippen LogP contribution in [-0.2, 0) is 4.79 Å². The minimum absolute atomic E-state index is 0.0724. The van der Waals surface area contributed by atoms with E-state index in [9.17, 15) is 4.79 Å². The molecule has 0 aliphatic heterocycles. The van der Waals surface area contributed by atoms with E-state index in [4.69, 9.17) is 5.73 Å². The van der Waals surface area contributed by atoms with Crippen molar-refractivity contribution in [3.63, 3.8) is 0 Å². The van der Waals surface area contributed by atoms with Crippen LogP contribution in [0.25, 0.3) is 0 Å². The summed E-state index contributed by atoms with van der Waals surface area (Å²) < 4.78 is 0. The Bertz CT molecular complexity index is 112. The summed E-state index contributed by atoms with van der Waals surface area (Å²) in [4.78, 5) is 10.7. The fourth-order valence-corrected chi connectivity index (χ4v) is 0.409. The van der Waals surface area contributed by atoms with Crippen LogP contribution in [0.3, 0.4) is 0 Å². The lowest BCUT2D eigenvalue weighted by Gasteiger charge is -2.04. The van der Waals surface area contributed by atoms with Gasteiger partial charge in [-0.25, -0.2) is 0 Å². The molecule has 0 fully saturated rings. The summed E-state index contributed by atoms with van der Waals surface area (Å²) in [5, 5.41) is 2.67. The van der Waals surface area contributed by atoms with Gasteiger partial charge in [-0.05, 0) is 13.3 Å². The Balaban J connectivity index is -0.000000200. The lowest BCUT2D eigenvalue weighted by Crippen LogP contribution is -2.38. The number of hydrogen-bond donors (Lipinski definition) is 2. The molecule has 0 rings (SSSR count). The van der Waals surface area contributed by atoms with Crippen molar-refractivity contribution in [3.05, 3.63) is 0 Å². The molecule has 0 aromatic rings. The topological polar surface area (TPSA) is 55.1 Å². The molecule has 0 bridgehead atoms. The van der Waals surface area contributed by atoms with E-state index in [-0.39, 0.29) is 11.9 Å². The molecule has 0 aromatic heterocycles. The molecule has 0 saturated carbocycles. The van der Waals surface area contributed by atoms with Gasteiger partial charge in [0, 0.05) is 6.54 Å². The normalized spacial score (nSPS) is 10.1. The zero-order valence-corrected chi connectivity index (χ0v) is 11.4.